The molecule has 7 heteroatoms. The van der Waals surface area contributed by atoms with Gasteiger partial charge in [-0.05, 0) is 91.0 Å². The summed E-state index contributed by atoms with van der Waals surface area (Å²) in [6, 6.07) is 2.17. The number of carboxylic acid groups (broad SMARTS) is 1. The van der Waals surface area contributed by atoms with Gasteiger partial charge < -0.3 is 24.6 Å². The molecule has 0 amide bonds. The van der Waals surface area contributed by atoms with Gasteiger partial charge in [0.2, 0.25) is 0 Å². The average Bonchev–Trinajstić information content (AvgIpc) is 3.52. The van der Waals surface area contributed by atoms with Crippen LogP contribution in [0.5, 0.6) is 0 Å². The zero-order chi connectivity index (χ0) is 26.6. The molecule has 4 rings (SSSR count). The van der Waals surface area contributed by atoms with Crippen LogP contribution in [0.25, 0.3) is 0 Å². The lowest BCUT2D eigenvalue weighted by Gasteiger charge is -2.43. The van der Waals surface area contributed by atoms with Crippen LogP contribution in [0.2, 0.25) is 0 Å². The average molecular weight is 530 g/mol. The Hall–Kier alpha value is -1.85. The highest BCUT2D eigenvalue weighted by atomic mass is 32.1. The van der Waals surface area contributed by atoms with Crippen LogP contribution >= 0.6 is 11.3 Å². The Morgan fingerprint density at radius 3 is 2.62 bits per heavy atom. The second-order valence-electron chi connectivity index (χ2n) is 12.2. The first-order valence-electron chi connectivity index (χ1n) is 13.8. The number of anilines is 1. The minimum absolute atomic E-state index is 0.0811. The van der Waals surface area contributed by atoms with E-state index >= 15 is 0 Å². The van der Waals surface area contributed by atoms with Crippen molar-refractivity contribution in [1.29, 1.82) is 0 Å². The van der Waals surface area contributed by atoms with E-state index in [0.29, 0.717) is 36.9 Å². The summed E-state index contributed by atoms with van der Waals surface area (Å²) in [4.78, 5) is 15.8. The quantitative estimate of drug-likeness (QED) is 0.324. The predicted octanol–water partition coefficient (Wildman–Crippen LogP) is 5.88. The zero-order valence-corrected chi connectivity index (χ0v) is 23.7. The molecule has 2 fully saturated rings. The van der Waals surface area contributed by atoms with E-state index < -0.39 is 11.6 Å². The Kier molecular flexibility index (Phi) is 9.06. The molecule has 204 valence electrons. The number of hydrogen-bond donors (Lipinski definition) is 2. The van der Waals surface area contributed by atoms with Crippen molar-refractivity contribution < 1.29 is 24.5 Å². The molecular weight excluding hydrogens is 486 g/mol. The third-order valence-corrected chi connectivity index (χ3v) is 8.81. The van der Waals surface area contributed by atoms with Crippen molar-refractivity contribution >= 4 is 23.0 Å². The molecule has 1 saturated carbocycles. The number of thiophene rings is 1. The monoisotopic (exact) mass is 529 g/mol. The van der Waals surface area contributed by atoms with Gasteiger partial charge in [-0.1, -0.05) is 23.5 Å². The number of allylic oxidation sites excluding steroid dienone is 2. The molecule has 2 N–H and O–H groups in total. The van der Waals surface area contributed by atoms with Crippen molar-refractivity contribution in [3.8, 4) is 11.8 Å². The summed E-state index contributed by atoms with van der Waals surface area (Å²) in [5.41, 5.74) is 1.25. The second-order valence-corrected chi connectivity index (χ2v) is 13.3. The molecule has 1 saturated heterocycles. The smallest absolute Gasteiger partial charge is 0.348 e. The topological polar surface area (TPSA) is 79.2 Å². The van der Waals surface area contributed by atoms with E-state index in [4.69, 9.17) is 9.47 Å². The van der Waals surface area contributed by atoms with Gasteiger partial charge in [-0.15, -0.1) is 11.3 Å². The Morgan fingerprint density at radius 2 is 2.03 bits per heavy atom. The van der Waals surface area contributed by atoms with Crippen LogP contribution in [-0.2, 0) is 9.47 Å². The van der Waals surface area contributed by atoms with Gasteiger partial charge in [-0.3, -0.25) is 0 Å². The Balaban J connectivity index is 1.54. The number of ether oxygens (including phenoxy) is 2. The Bertz CT molecular complexity index is 1030. The van der Waals surface area contributed by atoms with Crippen LogP contribution < -0.4 is 4.90 Å². The van der Waals surface area contributed by atoms with Crippen LogP contribution in [0.4, 0.5) is 5.69 Å². The van der Waals surface area contributed by atoms with Gasteiger partial charge in [0.05, 0.1) is 35.5 Å². The molecule has 1 aromatic heterocycles. The molecule has 1 aliphatic heterocycles. The highest BCUT2D eigenvalue weighted by Crippen LogP contribution is 2.39. The first-order valence-corrected chi connectivity index (χ1v) is 14.6. The van der Waals surface area contributed by atoms with Crippen LogP contribution in [0.15, 0.2) is 17.7 Å². The van der Waals surface area contributed by atoms with Crippen LogP contribution in [0, 0.1) is 23.2 Å². The third-order valence-electron chi connectivity index (χ3n) is 7.78. The lowest BCUT2D eigenvalue weighted by molar-refractivity contribution is -0.0927. The number of rotatable bonds is 8. The van der Waals surface area contributed by atoms with E-state index in [-0.39, 0.29) is 17.6 Å². The summed E-state index contributed by atoms with van der Waals surface area (Å²) in [5, 5.41) is 21.4. The van der Waals surface area contributed by atoms with E-state index in [9.17, 15) is 15.0 Å². The minimum atomic E-state index is -0.896. The van der Waals surface area contributed by atoms with Crippen molar-refractivity contribution in [2.75, 3.05) is 31.3 Å². The summed E-state index contributed by atoms with van der Waals surface area (Å²) >= 11 is 1.28. The molecular formula is C30H43NO5S. The van der Waals surface area contributed by atoms with Crippen molar-refractivity contribution in [2.45, 2.75) is 96.8 Å². The van der Waals surface area contributed by atoms with E-state index in [1.807, 2.05) is 6.07 Å². The fraction of sp³-hybridized carbons (Fsp3) is 0.700. The lowest BCUT2D eigenvalue weighted by atomic mass is 9.81. The van der Waals surface area contributed by atoms with Crippen LogP contribution in [0.3, 0.4) is 0 Å². The van der Waals surface area contributed by atoms with E-state index in [1.165, 1.54) is 16.9 Å². The largest absolute Gasteiger partial charge is 0.477 e. The fourth-order valence-electron chi connectivity index (χ4n) is 5.48. The van der Waals surface area contributed by atoms with Crippen molar-refractivity contribution in [2.24, 2.45) is 11.3 Å². The number of aromatic carboxylic acids is 1. The Labute approximate surface area is 226 Å². The highest BCUT2D eigenvalue weighted by molar-refractivity contribution is 7.15. The van der Waals surface area contributed by atoms with Crippen molar-refractivity contribution in [1.82, 2.24) is 0 Å². The van der Waals surface area contributed by atoms with E-state index in [0.717, 1.165) is 62.2 Å². The first-order chi connectivity index (χ1) is 17.5. The summed E-state index contributed by atoms with van der Waals surface area (Å²) in [5.74, 6) is 6.07. The van der Waals surface area contributed by atoms with Gasteiger partial charge in [0, 0.05) is 24.6 Å². The summed E-state index contributed by atoms with van der Waals surface area (Å²) < 4.78 is 11.4. The van der Waals surface area contributed by atoms with Gasteiger partial charge in [-0.25, -0.2) is 4.79 Å². The zero-order valence-electron chi connectivity index (χ0n) is 22.8. The molecule has 0 bridgehead atoms. The number of aliphatic hydroxyl groups is 1. The van der Waals surface area contributed by atoms with Gasteiger partial charge in [-0.2, -0.15) is 0 Å². The maximum absolute atomic E-state index is 12.3. The SMILES string of the molecule is CC1=CC[C@H](CN(c2cc(C#CC(C)(C)C)sc2C(=O)O)[C@H]2CC[C@@](O)(CO[C@H]3CCOC3)CC2)CC1. The highest BCUT2D eigenvalue weighted by Gasteiger charge is 2.38. The number of hydrogen-bond acceptors (Lipinski definition) is 6. The molecule has 3 aliphatic rings. The first kappa shape index (κ1) is 28.2. The summed E-state index contributed by atoms with van der Waals surface area (Å²) in [6.45, 7) is 10.9. The molecule has 0 unspecified atom stereocenters. The van der Waals surface area contributed by atoms with Gasteiger partial charge >= 0.3 is 5.97 Å². The lowest BCUT2D eigenvalue weighted by Crippen LogP contribution is -2.48. The molecule has 2 heterocycles. The van der Waals surface area contributed by atoms with Gasteiger partial charge in [0.1, 0.15) is 4.88 Å². The maximum Gasteiger partial charge on any atom is 0.348 e. The number of carboxylic acids is 1. The molecule has 0 radical (unpaired) electrons. The second kappa shape index (κ2) is 11.9. The minimum Gasteiger partial charge on any atom is -0.477 e. The van der Waals surface area contributed by atoms with Crippen LogP contribution in [0.1, 0.15) is 93.6 Å². The molecule has 2 aliphatic carbocycles. The number of carbonyl (C=O) groups is 1. The standard InChI is InChI=1S/C30H43NO5S/c1-21-5-7-22(8-6-21)18-31(26-17-25(11-13-29(2,3)4)37-27(26)28(32)33)23-9-14-30(34,15-10-23)20-36-24-12-16-35-19-24/h5,17,22-24,34H,6-10,12,14-16,18-20H2,1-4H3,(H,32,33)/t22-,23-,24-,30-/m0/s1. The van der Waals surface area contributed by atoms with Gasteiger partial charge in [0.15, 0.2) is 0 Å². The van der Waals surface area contributed by atoms with E-state index in [2.05, 4.69) is 50.5 Å². The molecule has 0 aromatic carbocycles. The fourth-order valence-corrected chi connectivity index (χ4v) is 6.34. The molecule has 37 heavy (non-hydrogen) atoms. The van der Waals surface area contributed by atoms with E-state index in [1.54, 1.807) is 0 Å². The van der Waals surface area contributed by atoms with Crippen molar-refractivity contribution in [3.63, 3.8) is 0 Å². The molecule has 1 aromatic rings. The van der Waals surface area contributed by atoms with Gasteiger partial charge in [0.25, 0.3) is 0 Å². The van der Waals surface area contributed by atoms with Crippen molar-refractivity contribution in [3.05, 3.63) is 27.5 Å². The maximum atomic E-state index is 12.3. The molecule has 6 nitrogen and oxygen atoms in total. The third kappa shape index (κ3) is 7.83. The van der Waals surface area contributed by atoms with Crippen LogP contribution in [-0.4, -0.2) is 60.3 Å². The normalized spacial score (nSPS) is 28.4. The molecule has 2 atom stereocenters. The Morgan fingerprint density at radius 1 is 1.27 bits per heavy atom. The summed E-state index contributed by atoms with van der Waals surface area (Å²) in [6.07, 6.45) is 9.46. The molecule has 0 spiro atoms. The number of nitrogens with zero attached hydrogens (tertiary/aromatic N) is 1. The predicted molar refractivity (Wildman–Crippen MR) is 148 cm³/mol. The summed E-state index contributed by atoms with van der Waals surface area (Å²) in [7, 11) is 0.